The number of amides is 1. The van der Waals surface area contributed by atoms with Crippen LogP contribution in [0.25, 0.3) is 0 Å². The van der Waals surface area contributed by atoms with Crippen molar-refractivity contribution in [3.8, 4) is 0 Å². The van der Waals surface area contributed by atoms with Gasteiger partial charge in [0.05, 0.1) is 6.04 Å². The molecule has 1 amide bonds. The van der Waals surface area contributed by atoms with Gasteiger partial charge in [-0.2, -0.15) is 0 Å². The molecular weight excluding hydrogens is 267 g/mol. The summed E-state index contributed by atoms with van der Waals surface area (Å²) in [5.41, 5.74) is 2.16. The van der Waals surface area contributed by atoms with Gasteiger partial charge in [-0.25, -0.2) is 4.39 Å². The van der Waals surface area contributed by atoms with E-state index in [-0.39, 0.29) is 17.8 Å². The summed E-state index contributed by atoms with van der Waals surface area (Å²) in [5, 5.41) is 0. The lowest BCUT2D eigenvalue weighted by molar-refractivity contribution is 0.0735. The predicted molar refractivity (Wildman–Crippen MR) is 78.4 cm³/mol. The summed E-state index contributed by atoms with van der Waals surface area (Å²) in [6.07, 6.45) is 5.44. The van der Waals surface area contributed by atoms with Crippen LogP contribution in [0.4, 0.5) is 4.39 Å². The largest absolute Gasteiger partial charge is 0.332 e. The summed E-state index contributed by atoms with van der Waals surface area (Å²) in [7, 11) is 0. The minimum atomic E-state index is -0.279. The normalized spacial score (nSPS) is 18.0. The fourth-order valence-corrected chi connectivity index (χ4v) is 2.89. The molecule has 0 bridgehead atoms. The first-order valence-corrected chi connectivity index (χ1v) is 7.14. The van der Waals surface area contributed by atoms with Gasteiger partial charge in [0, 0.05) is 24.5 Å². The van der Waals surface area contributed by atoms with Crippen molar-refractivity contribution in [3.63, 3.8) is 0 Å². The Morgan fingerprint density at radius 1 is 1.29 bits per heavy atom. The van der Waals surface area contributed by atoms with E-state index in [1.165, 1.54) is 6.07 Å². The third kappa shape index (κ3) is 2.66. The van der Waals surface area contributed by atoms with Crippen molar-refractivity contribution < 1.29 is 9.18 Å². The van der Waals surface area contributed by atoms with Gasteiger partial charge in [0.1, 0.15) is 5.82 Å². The minimum Gasteiger partial charge on any atom is -0.332 e. The van der Waals surface area contributed by atoms with Crippen LogP contribution in [0.1, 0.15) is 40.4 Å². The van der Waals surface area contributed by atoms with Gasteiger partial charge in [0.2, 0.25) is 0 Å². The first-order chi connectivity index (χ1) is 10.2. The van der Waals surface area contributed by atoms with E-state index < -0.39 is 0 Å². The number of likely N-dealkylation sites (tertiary alicyclic amines) is 1. The van der Waals surface area contributed by atoms with Gasteiger partial charge < -0.3 is 4.90 Å². The lowest BCUT2D eigenvalue weighted by Crippen LogP contribution is -2.30. The zero-order valence-electron chi connectivity index (χ0n) is 11.9. The van der Waals surface area contributed by atoms with E-state index in [0.717, 1.165) is 24.9 Å². The molecule has 21 heavy (non-hydrogen) atoms. The van der Waals surface area contributed by atoms with Crippen LogP contribution in [-0.4, -0.2) is 22.3 Å². The standard InChI is InChI=1S/C17H17FN2O/c1-12-11-14(4-5-15(12)18)17(21)20-10-2-3-16(20)13-6-8-19-9-7-13/h4-9,11,16H,2-3,10H2,1H3. The maximum atomic E-state index is 13.3. The Balaban J connectivity index is 1.88. The van der Waals surface area contributed by atoms with Crippen molar-refractivity contribution in [2.75, 3.05) is 6.54 Å². The van der Waals surface area contributed by atoms with Crippen molar-refractivity contribution in [3.05, 3.63) is 65.2 Å². The molecule has 4 heteroatoms. The maximum Gasteiger partial charge on any atom is 0.254 e. The number of hydrogen-bond donors (Lipinski definition) is 0. The molecule has 0 aliphatic carbocycles. The highest BCUT2D eigenvalue weighted by Gasteiger charge is 2.30. The highest BCUT2D eigenvalue weighted by atomic mass is 19.1. The molecule has 1 aromatic carbocycles. The molecule has 1 fully saturated rings. The second-order valence-corrected chi connectivity index (χ2v) is 5.40. The average molecular weight is 284 g/mol. The summed E-state index contributed by atoms with van der Waals surface area (Å²) in [4.78, 5) is 18.6. The zero-order chi connectivity index (χ0) is 14.8. The van der Waals surface area contributed by atoms with Gasteiger partial charge in [-0.3, -0.25) is 9.78 Å². The number of nitrogens with zero attached hydrogens (tertiary/aromatic N) is 2. The summed E-state index contributed by atoms with van der Waals surface area (Å²) in [5.74, 6) is -0.309. The number of aryl methyl sites for hydroxylation is 1. The number of benzene rings is 1. The van der Waals surface area contributed by atoms with Gasteiger partial charge in [-0.05, 0) is 61.2 Å². The van der Waals surface area contributed by atoms with Crippen LogP contribution in [0.15, 0.2) is 42.7 Å². The number of carbonyl (C=O) groups is 1. The van der Waals surface area contributed by atoms with Crippen LogP contribution in [0, 0.1) is 12.7 Å². The van der Waals surface area contributed by atoms with Crippen LogP contribution in [0.3, 0.4) is 0 Å². The minimum absolute atomic E-state index is 0.0302. The number of hydrogen-bond acceptors (Lipinski definition) is 2. The topological polar surface area (TPSA) is 33.2 Å². The van der Waals surface area contributed by atoms with Gasteiger partial charge in [0.25, 0.3) is 5.91 Å². The molecule has 1 aliphatic rings. The Morgan fingerprint density at radius 3 is 2.76 bits per heavy atom. The Morgan fingerprint density at radius 2 is 2.05 bits per heavy atom. The Kier molecular flexibility index (Phi) is 3.69. The number of pyridine rings is 1. The van der Waals surface area contributed by atoms with Crippen LogP contribution < -0.4 is 0 Å². The van der Waals surface area contributed by atoms with Gasteiger partial charge in [0.15, 0.2) is 0 Å². The highest BCUT2D eigenvalue weighted by Crippen LogP contribution is 2.32. The Labute approximate surface area is 123 Å². The van der Waals surface area contributed by atoms with Crippen LogP contribution in [0.5, 0.6) is 0 Å². The second kappa shape index (κ2) is 5.64. The molecule has 1 saturated heterocycles. The molecule has 0 N–H and O–H groups in total. The smallest absolute Gasteiger partial charge is 0.254 e. The SMILES string of the molecule is Cc1cc(C(=O)N2CCCC2c2ccncc2)ccc1F. The molecule has 0 spiro atoms. The predicted octanol–water partition coefficient (Wildman–Crippen LogP) is 3.51. The van der Waals surface area contributed by atoms with E-state index >= 15 is 0 Å². The van der Waals surface area contributed by atoms with E-state index in [4.69, 9.17) is 0 Å². The molecule has 0 saturated carbocycles. The summed E-state index contributed by atoms with van der Waals surface area (Å²) >= 11 is 0. The van der Waals surface area contributed by atoms with E-state index in [2.05, 4.69) is 4.98 Å². The molecule has 1 atom stereocenters. The maximum absolute atomic E-state index is 13.3. The van der Waals surface area contributed by atoms with Crippen molar-refractivity contribution in [2.24, 2.45) is 0 Å². The number of aromatic nitrogens is 1. The molecule has 1 unspecified atom stereocenters. The molecule has 3 rings (SSSR count). The van der Waals surface area contributed by atoms with E-state index in [0.29, 0.717) is 11.1 Å². The molecule has 2 aromatic rings. The third-order valence-electron chi connectivity index (χ3n) is 4.01. The van der Waals surface area contributed by atoms with Crippen molar-refractivity contribution in [1.82, 2.24) is 9.88 Å². The van der Waals surface area contributed by atoms with E-state index in [1.54, 1.807) is 31.5 Å². The average Bonchev–Trinajstić information content (AvgIpc) is 2.99. The first kappa shape index (κ1) is 13.7. The van der Waals surface area contributed by atoms with E-state index in [9.17, 15) is 9.18 Å². The molecule has 1 aromatic heterocycles. The molecular formula is C17H17FN2O. The molecule has 108 valence electrons. The van der Waals surface area contributed by atoms with Gasteiger partial charge >= 0.3 is 0 Å². The Bertz CT molecular complexity index is 657. The first-order valence-electron chi connectivity index (χ1n) is 7.14. The molecule has 2 heterocycles. The van der Waals surface area contributed by atoms with Crippen molar-refractivity contribution in [1.29, 1.82) is 0 Å². The molecule has 0 radical (unpaired) electrons. The Hall–Kier alpha value is -2.23. The number of halogens is 1. The van der Waals surface area contributed by atoms with E-state index in [1.807, 2.05) is 17.0 Å². The lowest BCUT2D eigenvalue weighted by atomic mass is 10.0. The fraction of sp³-hybridized carbons (Fsp3) is 0.294. The number of rotatable bonds is 2. The van der Waals surface area contributed by atoms with Gasteiger partial charge in [-0.1, -0.05) is 0 Å². The zero-order valence-corrected chi connectivity index (χ0v) is 11.9. The quantitative estimate of drug-likeness (QED) is 0.845. The lowest BCUT2D eigenvalue weighted by Gasteiger charge is -2.25. The summed E-state index contributed by atoms with van der Waals surface area (Å²) in [6.45, 7) is 2.42. The summed E-state index contributed by atoms with van der Waals surface area (Å²) < 4.78 is 13.3. The molecule has 3 nitrogen and oxygen atoms in total. The summed E-state index contributed by atoms with van der Waals surface area (Å²) in [6, 6.07) is 8.54. The highest BCUT2D eigenvalue weighted by molar-refractivity contribution is 5.94. The number of carbonyl (C=O) groups excluding carboxylic acids is 1. The van der Waals surface area contributed by atoms with Crippen LogP contribution in [-0.2, 0) is 0 Å². The third-order valence-corrected chi connectivity index (χ3v) is 4.01. The van der Waals surface area contributed by atoms with Gasteiger partial charge in [-0.15, -0.1) is 0 Å². The van der Waals surface area contributed by atoms with Crippen molar-refractivity contribution >= 4 is 5.91 Å². The van der Waals surface area contributed by atoms with Crippen molar-refractivity contribution in [2.45, 2.75) is 25.8 Å². The molecule has 1 aliphatic heterocycles. The monoisotopic (exact) mass is 284 g/mol. The second-order valence-electron chi connectivity index (χ2n) is 5.40. The van der Waals surface area contributed by atoms with Crippen LogP contribution in [0.2, 0.25) is 0 Å². The van der Waals surface area contributed by atoms with Crippen LogP contribution >= 0.6 is 0 Å². The fourth-order valence-electron chi connectivity index (χ4n) is 2.89.